The minimum atomic E-state index is -2.14. The summed E-state index contributed by atoms with van der Waals surface area (Å²) in [5.74, 6) is -2.55. The number of carboxylic acid groups (broad SMARTS) is 1. The average Bonchev–Trinajstić information content (AvgIpc) is 2.27. The fourth-order valence-electron chi connectivity index (χ4n) is 1.15. The summed E-state index contributed by atoms with van der Waals surface area (Å²) in [6, 6.07) is 4.80. The molecule has 1 aromatic carbocycles. The van der Waals surface area contributed by atoms with Gasteiger partial charge in [0, 0.05) is 5.56 Å². The van der Waals surface area contributed by atoms with E-state index in [9.17, 15) is 14.3 Å². The molecule has 2 atom stereocenters. The summed E-state index contributed by atoms with van der Waals surface area (Å²) in [6.45, 7) is 0. The lowest BCUT2D eigenvalue weighted by Gasteiger charge is -2.15. The molecule has 0 amide bonds. The van der Waals surface area contributed by atoms with Gasteiger partial charge in [-0.2, -0.15) is 5.26 Å². The predicted octanol–water partition coefficient (Wildman–Crippen LogP) is 0.176. The van der Waals surface area contributed by atoms with Crippen molar-refractivity contribution in [3.8, 4) is 6.07 Å². The summed E-state index contributed by atoms with van der Waals surface area (Å²) >= 11 is 0. The van der Waals surface area contributed by atoms with Gasteiger partial charge in [-0.25, -0.2) is 9.18 Å². The van der Waals surface area contributed by atoms with Gasteiger partial charge in [0.15, 0.2) is 6.10 Å². The summed E-state index contributed by atoms with van der Waals surface area (Å²) < 4.78 is 13.2. The molecule has 0 saturated heterocycles. The van der Waals surface area contributed by atoms with E-state index in [0.717, 1.165) is 12.1 Å². The predicted molar refractivity (Wildman–Crippen MR) is 49.7 cm³/mol. The van der Waals surface area contributed by atoms with Gasteiger partial charge in [-0.05, 0) is 18.2 Å². The van der Waals surface area contributed by atoms with Gasteiger partial charge in [-0.3, -0.25) is 0 Å². The number of nitriles is 1. The number of carbonyl (C=O) groups is 1. The van der Waals surface area contributed by atoms with Crippen molar-refractivity contribution >= 4 is 5.97 Å². The van der Waals surface area contributed by atoms with E-state index in [0.29, 0.717) is 0 Å². The van der Waals surface area contributed by atoms with Crippen LogP contribution in [0.15, 0.2) is 18.2 Å². The highest BCUT2D eigenvalue weighted by molar-refractivity contribution is 5.73. The van der Waals surface area contributed by atoms with Crippen LogP contribution in [0.25, 0.3) is 0 Å². The molecule has 16 heavy (non-hydrogen) atoms. The van der Waals surface area contributed by atoms with E-state index in [2.05, 4.69) is 0 Å². The second kappa shape index (κ2) is 4.70. The number of hydrogen-bond donors (Lipinski definition) is 3. The normalized spacial score (nSPS) is 13.9. The van der Waals surface area contributed by atoms with E-state index in [1.54, 1.807) is 6.07 Å². The molecule has 0 bridgehead atoms. The fraction of sp³-hybridized carbons (Fsp3) is 0.200. The van der Waals surface area contributed by atoms with Crippen molar-refractivity contribution in [1.29, 1.82) is 5.26 Å². The second-order valence-electron chi connectivity index (χ2n) is 3.08. The maximum Gasteiger partial charge on any atom is 0.335 e. The maximum absolute atomic E-state index is 13.2. The number of halogens is 1. The van der Waals surface area contributed by atoms with Crippen LogP contribution >= 0.6 is 0 Å². The van der Waals surface area contributed by atoms with Crippen LogP contribution in [0, 0.1) is 17.1 Å². The first-order chi connectivity index (χ1) is 7.47. The first kappa shape index (κ1) is 12.1. The molecule has 3 N–H and O–H groups in total. The van der Waals surface area contributed by atoms with Crippen LogP contribution in [-0.2, 0) is 4.79 Å². The Kier molecular flexibility index (Phi) is 3.55. The molecular formula is C10H8FNO4. The van der Waals surface area contributed by atoms with Gasteiger partial charge in [0.1, 0.15) is 11.9 Å². The Morgan fingerprint density at radius 2 is 2.06 bits per heavy atom. The minimum Gasteiger partial charge on any atom is -0.479 e. The van der Waals surface area contributed by atoms with Crippen LogP contribution in [0.3, 0.4) is 0 Å². The van der Waals surface area contributed by atoms with Crippen molar-refractivity contribution in [2.24, 2.45) is 0 Å². The highest BCUT2D eigenvalue weighted by atomic mass is 19.1. The Hall–Kier alpha value is -1.97. The van der Waals surface area contributed by atoms with Gasteiger partial charge < -0.3 is 15.3 Å². The minimum absolute atomic E-state index is 0.0630. The van der Waals surface area contributed by atoms with Crippen molar-refractivity contribution in [2.75, 3.05) is 0 Å². The van der Waals surface area contributed by atoms with Crippen molar-refractivity contribution < 1.29 is 24.5 Å². The van der Waals surface area contributed by atoms with Crippen LogP contribution in [0.5, 0.6) is 0 Å². The molecule has 0 heterocycles. The third-order valence-electron chi connectivity index (χ3n) is 2.00. The van der Waals surface area contributed by atoms with Gasteiger partial charge >= 0.3 is 5.97 Å². The zero-order chi connectivity index (χ0) is 12.3. The van der Waals surface area contributed by atoms with Crippen molar-refractivity contribution in [3.05, 3.63) is 35.1 Å². The Labute approximate surface area is 90.0 Å². The third kappa shape index (κ3) is 2.34. The first-order valence-electron chi connectivity index (χ1n) is 4.26. The Morgan fingerprint density at radius 3 is 2.56 bits per heavy atom. The second-order valence-corrected chi connectivity index (χ2v) is 3.08. The van der Waals surface area contributed by atoms with Gasteiger partial charge in [0.25, 0.3) is 0 Å². The van der Waals surface area contributed by atoms with Crippen molar-refractivity contribution in [1.82, 2.24) is 0 Å². The zero-order valence-electron chi connectivity index (χ0n) is 7.96. The van der Waals surface area contributed by atoms with E-state index in [1.807, 2.05) is 0 Å². The number of aliphatic carboxylic acids is 1. The highest BCUT2D eigenvalue weighted by Gasteiger charge is 2.27. The molecule has 1 rings (SSSR count). The lowest BCUT2D eigenvalue weighted by molar-refractivity contribution is -0.153. The van der Waals surface area contributed by atoms with E-state index < -0.39 is 29.6 Å². The number of aliphatic hydroxyl groups is 2. The lowest BCUT2D eigenvalue weighted by atomic mass is 10.0. The highest BCUT2D eigenvalue weighted by Crippen LogP contribution is 2.21. The molecular weight excluding hydrogens is 217 g/mol. The van der Waals surface area contributed by atoms with Crippen LogP contribution in [0.4, 0.5) is 4.39 Å². The van der Waals surface area contributed by atoms with Crippen LogP contribution in [0.2, 0.25) is 0 Å². The molecule has 0 spiro atoms. The molecule has 0 aliphatic carbocycles. The molecule has 84 valence electrons. The summed E-state index contributed by atoms with van der Waals surface area (Å²) in [5, 5.41) is 35.4. The van der Waals surface area contributed by atoms with E-state index in [-0.39, 0.29) is 5.56 Å². The number of carboxylic acids is 1. The Balaban J connectivity index is 3.12. The fourth-order valence-corrected chi connectivity index (χ4v) is 1.15. The first-order valence-corrected chi connectivity index (χ1v) is 4.26. The SMILES string of the molecule is N#Cc1ccc(F)c(C(O)C(O)C(=O)O)c1. The number of aliphatic hydroxyl groups excluding tert-OH is 2. The van der Waals surface area contributed by atoms with Crippen molar-refractivity contribution in [2.45, 2.75) is 12.2 Å². The standard InChI is InChI=1S/C10H8FNO4/c11-7-2-1-5(4-12)3-6(7)8(13)9(14)10(15)16/h1-3,8-9,13-14H,(H,15,16). The van der Waals surface area contributed by atoms with Crippen molar-refractivity contribution in [3.63, 3.8) is 0 Å². The third-order valence-corrected chi connectivity index (χ3v) is 2.00. The monoisotopic (exact) mass is 225 g/mol. The van der Waals surface area contributed by atoms with E-state index >= 15 is 0 Å². The molecule has 6 heteroatoms. The van der Waals surface area contributed by atoms with Crippen LogP contribution < -0.4 is 0 Å². The summed E-state index contributed by atoms with van der Waals surface area (Å²) in [5.41, 5.74) is -0.359. The quantitative estimate of drug-likeness (QED) is 0.680. The smallest absolute Gasteiger partial charge is 0.335 e. The van der Waals surface area contributed by atoms with Gasteiger partial charge in [-0.15, -0.1) is 0 Å². The topological polar surface area (TPSA) is 102 Å². The lowest BCUT2D eigenvalue weighted by Crippen LogP contribution is -2.28. The molecule has 0 fully saturated rings. The van der Waals surface area contributed by atoms with Gasteiger partial charge in [-0.1, -0.05) is 0 Å². The Morgan fingerprint density at radius 1 is 1.44 bits per heavy atom. The summed E-state index contributed by atoms with van der Waals surface area (Å²) in [6.07, 6.45) is -4.05. The van der Waals surface area contributed by atoms with Gasteiger partial charge in [0.2, 0.25) is 0 Å². The van der Waals surface area contributed by atoms with Crippen LogP contribution in [-0.4, -0.2) is 27.4 Å². The van der Waals surface area contributed by atoms with E-state index in [1.165, 1.54) is 6.07 Å². The molecule has 2 unspecified atom stereocenters. The van der Waals surface area contributed by atoms with Crippen LogP contribution in [0.1, 0.15) is 17.2 Å². The molecule has 0 saturated carbocycles. The molecule has 1 aromatic rings. The molecule has 5 nitrogen and oxygen atoms in total. The molecule has 0 aliphatic rings. The number of hydrogen-bond acceptors (Lipinski definition) is 4. The number of rotatable bonds is 3. The number of benzene rings is 1. The van der Waals surface area contributed by atoms with E-state index in [4.69, 9.17) is 15.5 Å². The summed E-state index contributed by atoms with van der Waals surface area (Å²) in [4.78, 5) is 10.4. The molecule has 0 aliphatic heterocycles. The maximum atomic E-state index is 13.2. The summed E-state index contributed by atoms with van der Waals surface area (Å²) in [7, 11) is 0. The number of nitrogens with zero attached hydrogens (tertiary/aromatic N) is 1. The van der Waals surface area contributed by atoms with Gasteiger partial charge in [0.05, 0.1) is 11.6 Å². The average molecular weight is 225 g/mol. The molecule has 0 radical (unpaired) electrons. The largest absolute Gasteiger partial charge is 0.479 e. The zero-order valence-corrected chi connectivity index (χ0v) is 7.96. The Bertz CT molecular complexity index is 455. The molecule has 0 aromatic heterocycles.